The molecule has 41 heavy (non-hydrogen) atoms. The van der Waals surface area contributed by atoms with Gasteiger partial charge in [-0.1, -0.05) is 6.08 Å². The third-order valence-corrected chi connectivity index (χ3v) is 8.63. The lowest BCUT2D eigenvalue weighted by Crippen LogP contribution is -2.43. The van der Waals surface area contributed by atoms with Gasteiger partial charge in [-0.05, 0) is 74.6 Å². The Balaban J connectivity index is 1.46. The molecule has 1 aromatic heterocycles. The van der Waals surface area contributed by atoms with Crippen LogP contribution >= 0.6 is 11.3 Å². The molecule has 0 amide bonds. The zero-order chi connectivity index (χ0) is 29.4. The number of allylic oxidation sites excluding steroid dienone is 2. The lowest BCUT2D eigenvalue weighted by molar-refractivity contribution is -0.236. The fourth-order valence-corrected chi connectivity index (χ4v) is 6.46. The molecule has 0 radical (unpaired) electrons. The van der Waals surface area contributed by atoms with Crippen LogP contribution in [0.25, 0.3) is 18.2 Å². The molecular formula is C31H25F3N4O2S. The molecule has 2 aromatic rings. The highest BCUT2D eigenvalue weighted by atomic mass is 32.1. The number of aryl methyl sites for hydroxylation is 1. The van der Waals surface area contributed by atoms with Crippen LogP contribution in [-0.4, -0.2) is 32.0 Å². The number of methoxy groups -OCH3 is 1. The number of anilines is 1. The Morgan fingerprint density at radius 1 is 1.05 bits per heavy atom. The van der Waals surface area contributed by atoms with Crippen molar-refractivity contribution in [1.82, 2.24) is 0 Å². The van der Waals surface area contributed by atoms with Gasteiger partial charge < -0.3 is 14.4 Å². The second-order valence-electron chi connectivity index (χ2n) is 10.0. The van der Waals surface area contributed by atoms with Crippen molar-refractivity contribution in [3.63, 3.8) is 0 Å². The first-order valence-electron chi connectivity index (χ1n) is 13.0. The van der Waals surface area contributed by atoms with E-state index in [-0.39, 0.29) is 0 Å². The van der Waals surface area contributed by atoms with Gasteiger partial charge in [0.05, 0.1) is 7.11 Å². The van der Waals surface area contributed by atoms with Gasteiger partial charge in [-0.25, -0.2) is 0 Å². The van der Waals surface area contributed by atoms with Crippen LogP contribution in [-0.2, 0) is 17.6 Å². The average Bonchev–Trinajstić information content (AvgIpc) is 3.53. The molecule has 3 aliphatic rings. The first kappa shape index (κ1) is 28.1. The molecule has 0 bridgehead atoms. The van der Waals surface area contributed by atoms with E-state index in [9.17, 15) is 29.0 Å². The summed E-state index contributed by atoms with van der Waals surface area (Å²) >= 11 is 1.36. The molecule has 1 atom stereocenters. The van der Waals surface area contributed by atoms with E-state index in [0.29, 0.717) is 4.88 Å². The van der Waals surface area contributed by atoms with Crippen molar-refractivity contribution in [3.8, 4) is 24.0 Å². The molecule has 1 unspecified atom stereocenters. The van der Waals surface area contributed by atoms with Crippen LogP contribution in [0.15, 0.2) is 46.8 Å². The minimum atomic E-state index is -4.90. The second-order valence-corrected chi connectivity index (χ2v) is 11.2. The van der Waals surface area contributed by atoms with E-state index in [1.54, 1.807) is 19.2 Å². The molecule has 0 aliphatic carbocycles. The number of alkyl halides is 3. The molecule has 1 aromatic carbocycles. The SMILES string of the molecule is COc1c(/C=C/c2ccc(/C=C/C3=C(C#N)C(=C(C#N)C#N)OC3(C)C(F)(F)F)s2)cc2c3c1CCCN3CCC2. The standard InChI is InChI=1S/C31H25F3N4O2S/c1-30(31(32,33)34)26(25(18-37)29(40-30)21(16-35)17-36)12-11-23-10-9-22(41-23)8-7-20-15-19-5-3-13-38-14-4-6-24(27(19)38)28(20)39-2/h7-12,15H,3-6,13-14H2,1-2H3/b8-7+,12-11+. The van der Waals surface area contributed by atoms with Gasteiger partial charge in [0.2, 0.25) is 5.60 Å². The Morgan fingerprint density at radius 3 is 2.32 bits per heavy atom. The van der Waals surface area contributed by atoms with Gasteiger partial charge in [-0.2, -0.15) is 29.0 Å². The average molecular weight is 575 g/mol. The van der Waals surface area contributed by atoms with E-state index in [2.05, 4.69) is 11.0 Å². The Morgan fingerprint density at radius 2 is 1.71 bits per heavy atom. The fourth-order valence-electron chi connectivity index (χ4n) is 5.64. The van der Waals surface area contributed by atoms with Gasteiger partial charge >= 0.3 is 6.18 Å². The van der Waals surface area contributed by atoms with Gasteiger partial charge in [0.1, 0.15) is 29.5 Å². The number of ether oxygens (including phenoxy) is 2. The summed E-state index contributed by atoms with van der Waals surface area (Å²) in [6, 6.07) is 10.5. The fraction of sp³-hybridized carbons (Fsp3) is 0.323. The van der Waals surface area contributed by atoms with Crippen LogP contribution < -0.4 is 9.64 Å². The summed E-state index contributed by atoms with van der Waals surface area (Å²) in [4.78, 5) is 3.99. The molecule has 3 aliphatic heterocycles. The van der Waals surface area contributed by atoms with E-state index in [4.69, 9.17) is 9.47 Å². The van der Waals surface area contributed by atoms with Crippen LogP contribution in [0.4, 0.5) is 18.9 Å². The molecule has 208 valence electrons. The number of rotatable bonds is 5. The van der Waals surface area contributed by atoms with Gasteiger partial charge in [-0.15, -0.1) is 11.3 Å². The van der Waals surface area contributed by atoms with Crippen molar-refractivity contribution < 1.29 is 22.6 Å². The van der Waals surface area contributed by atoms with Crippen LogP contribution in [0.5, 0.6) is 5.75 Å². The number of benzene rings is 1. The van der Waals surface area contributed by atoms with Crippen LogP contribution in [0.1, 0.15) is 46.2 Å². The van der Waals surface area contributed by atoms with Gasteiger partial charge in [0.15, 0.2) is 11.3 Å². The molecule has 0 fully saturated rings. The monoisotopic (exact) mass is 574 g/mol. The van der Waals surface area contributed by atoms with Crippen LogP contribution in [0, 0.1) is 34.0 Å². The molecular weight excluding hydrogens is 549 g/mol. The van der Waals surface area contributed by atoms with Gasteiger partial charge in [0, 0.05) is 45.2 Å². The zero-order valence-electron chi connectivity index (χ0n) is 22.4. The van der Waals surface area contributed by atoms with Crippen molar-refractivity contribution in [1.29, 1.82) is 15.8 Å². The van der Waals surface area contributed by atoms with Gasteiger partial charge in [0.25, 0.3) is 0 Å². The summed E-state index contributed by atoms with van der Waals surface area (Å²) in [7, 11) is 1.69. The van der Waals surface area contributed by atoms with Crippen LogP contribution in [0.3, 0.4) is 0 Å². The Kier molecular flexibility index (Phi) is 7.43. The third-order valence-electron chi connectivity index (χ3n) is 7.61. The maximum atomic E-state index is 14.1. The normalized spacial score (nSPS) is 20.0. The molecule has 5 rings (SSSR count). The van der Waals surface area contributed by atoms with E-state index in [1.807, 2.05) is 18.2 Å². The summed E-state index contributed by atoms with van der Waals surface area (Å²) in [5.74, 6) is 0.220. The predicted molar refractivity (Wildman–Crippen MR) is 151 cm³/mol. The second kappa shape index (κ2) is 10.8. The topological polar surface area (TPSA) is 93.1 Å². The largest absolute Gasteiger partial charge is 0.496 e. The van der Waals surface area contributed by atoms with E-state index in [1.165, 1.54) is 52.4 Å². The van der Waals surface area contributed by atoms with Crippen molar-refractivity contribution in [2.24, 2.45) is 0 Å². The highest BCUT2D eigenvalue weighted by Gasteiger charge is 2.60. The molecule has 6 nitrogen and oxygen atoms in total. The molecule has 0 N–H and O–H groups in total. The Bertz CT molecular complexity index is 1640. The Hall–Kier alpha value is -4.46. The van der Waals surface area contributed by atoms with Crippen molar-refractivity contribution in [2.75, 3.05) is 25.1 Å². The quantitative estimate of drug-likeness (QED) is 0.353. The number of hydrogen-bond acceptors (Lipinski definition) is 7. The van der Waals surface area contributed by atoms with Gasteiger partial charge in [-0.3, -0.25) is 0 Å². The van der Waals surface area contributed by atoms with E-state index >= 15 is 0 Å². The minimum absolute atomic E-state index is 0.460. The lowest BCUT2D eigenvalue weighted by atomic mass is 9.89. The van der Waals surface area contributed by atoms with Crippen LogP contribution in [0.2, 0.25) is 0 Å². The van der Waals surface area contributed by atoms with Crippen molar-refractivity contribution in [2.45, 2.75) is 44.4 Å². The molecule has 10 heteroatoms. The number of nitriles is 3. The number of halogens is 3. The summed E-state index contributed by atoms with van der Waals surface area (Å²) in [5.41, 5.74) is 0.374. The maximum absolute atomic E-state index is 14.1. The maximum Gasteiger partial charge on any atom is 0.432 e. The first-order valence-corrected chi connectivity index (χ1v) is 13.9. The predicted octanol–water partition coefficient (Wildman–Crippen LogP) is 7.11. The number of nitrogens with zero attached hydrogens (tertiary/aromatic N) is 4. The van der Waals surface area contributed by atoms with E-state index in [0.717, 1.165) is 61.9 Å². The summed E-state index contributed by atoms with van der Waals surface area (Å²) in [6.45, 7) is 2.92. The highest BCUT2D eigenvalue weighted by Crippen LogP contribution is 2.49. The molecule has 4 heterocycles. The lowest BCUT2D eigenvalue weighted by Gasteiger charge is -2.38. The van der Waals surface area contributed by atoms with Crippen molar-refractivity contribution >= 4 is 35.3 Å². The molecule has 0 saturated heterocycles. The summed E-state index contributed by atoms with van der Waals surface area (Å²) in [6.07, 6.45) is 5.91. The summed E-state index contributed by atoms with van der Waals surface area (Å²) in [5, 5.41) is 28.0. The highest BCUT2D eigenvalue weighted by molar-refractivity contribution is 7.13. The minimum Gasteiger partial charge on any atom is -0.496 e. The molecule has 0 saturated carbocycles. The third kappa shape index (κ3) is 4.88. The Labute approximate surface area is 240 Å². The van der Waals surface area contributed by atoms with Crippen molar-refractivity contribution in [3.05, 3.63) is 73.2 Å². The molecule has 0 spiro atoms. The number of hydrogen-bond donors (Lipinski definition) is 0. The summed E-state index contributed by atoms with van der Waals surface area (Å²) < 4.78 is 53.2. The number of thiophene rings is 1. The zero-order valence-corrected chi connectivity index (χ0v) is 23.2. The first-order chi connectivity index (χ1) is 19.6. The smallest absolute Gasteiger partial charge is 0.432 e. The van der Waals surface area contributed by atoms with E-state index < -0.39 is 34.3 Å².